The van der Waals surface area contributed by atoms with Crippen molar-refractivity contribution in [1.82, 2.24) is 4.98 Å². The molecule has 0 atom stereocenters. The molecule has 114 valence electrons. The molecule has 1 aromatic heterocycles. The Bertz CT molecular complexity index is 537. The average molecular weight is 291 g/mol. The van der Waals surface area contributed by atoms with E-state index in [2.05, 4.69) is 22.1 Å². The van der Waals surface area contributed by atoms with Gasteiger partial charge in [-0.15, -0.1) is 0 Å². The second-order valence-electron chi connectivity index (χ2n) is 5.44. The first kappa shape index (κ1) is 15.3. The molecule has 0 aliphatic carbocycles. The summed E-state index contributed by atoms with van der Waals surface area (Å²) in [6.07, 6.45) is 3.73. The highest BCUT2D eigenvalue weighted by Crippen LogP contribution is 2.26. The van der Waals surface area contributed by atoms with Gasteiger partial charge in [0.1, 0.15) is 11.4 Å². The van der Waals surface area contributed by atoms with E-state index in [4.69, 9.17) is 4.74 Å². The molecule has 6 heteroatoms. The lowest BCUT2D eigenvalue weighted by molar-refractivity contribution is -0.114. The molecule has 1 amide bonds. The number of nitrogens with one attached hydrogen (secondary N) is 1. The van der Waals surface area contributed by atoms with Crippen molar-refractivity contribution in [3.63, 3.8) is 0 Å². The van der Waals surface area contributed by atoms with E-state index in [1.165, 1.54) is 14.0 Å². The van der Waals surface area contributed by atoms with Crippen molar-refractivity contribution < 1.29 is 14.3 Å². The molecule has 1 fully saturated rings. The predicted octanol–water partition coefficient (Wildman–Crippen LogP) is 2.06. The normalized spacial score (nSPS) is 15.7. The molecule has 0 unspecified atom stereocenters. The molecule has 0 radical (unpaired) electrons. The van der Waals surface area contributed by atoms with Crippen LogP contribution in [0.1, 0.15) is 37.0 Å². The van der Waals surface area contributed by atoms with Gasteiger partial charge in [-0.1, -0.05) is 6.92 Å². The van der Waals surface area contributed by atoms with Crippen LogP contribution in [0.25, 0.3) is 0 Å². The van der Waals surface area contributed by atoms with Crippen LogP contribution in [0, 0.1) is 5.92 Å². The van der Waals surface area contributed by atoms with Crippen molar-refractivity contribution in [1.29, 1.82) is 0 Å². The van der Waals surface area contributed by atoms with Crippen molar-refractivity contribution >= 4 is 23.4 Å². The third kappa shape index (κ3) is 3.71. The summed E-state index contributed by atoms with van der Waals surface area (Å²) >= 11 is 0. The number of aromatic nitrogens is 1. The zero-order valence-corrected chi connectivity index (χ0v) is 12.7. The molecule has 21 heavy (non-hydrogen) atoms. The largest absolute Gasteiger partial charge is 0.465 e. The average Bonchev–Trinajstić information content (AvgIpc) is 2.47. The van der Waals surface area contributed by atoms with Gasteiger partial charge in [0.05, 0.1) is 19.0 Å². The first-order valence-corrected chi connectivity index (χ1v) is 7.12. The Balaban J connectivity index is 2.31. The van der Waals surface area contributed by atoms with E-state index in [9.17, 15) is 9.59 Å². The van der Waals surface area contributed by atoms with Crippen molar-refractivity contribution in [3.8, 4) is 0 Å². The minimum atomic E-state index is -0.441. The Morgan fingerprint density at radius 1 is 1.38 bits per heavy atom. The van der Waals surface area contributed by atoms with Crippen LogP contribution in [-0.4, -0.2) is 37.1 Å². The molecule has 0 bridgehead atoms. The Labute approximate surface area is 124 Å². The molecule has 0 saturated carbocycles. The highest BCUT2D eigenvalue weighted by atomic mass is 16.5. The maximum atomic E-state index is 12.0. The number of pyridine rings is 1. The summed E-state index contributed by atoms with van der Waals surface area (Å²) in [4.78, 5) is 29.6. The second kappa shape index (κ2) is 6.56. The first-order valence-electron chi connectivity index (χ1n) is 7.12. The summed E-state index contributed by atoms with van der Waals surface area (Å²) in [5, 5.41) is 2.63. The summed E-state index contributed by atoms with van der Waals surface area (Å²) in [6, 6.07) is 1.62. The molecule has 1 aromatic rings. The number of amides is 1. The Kier molecular flexibility index (Phi) is 4.77. The minimum absolute atomic E-state index is 0.202. The van der Waals surface area contributed by atoms with Crippen molar-refractivity contribution in [2.45, 2.75) is 26.7 Å². The summed E-state index contributed by atoms with van der Waals surface area (Å²) in [7, 11) is 1.34. The van der Waals surface area contributed by atoms with Crippen LogP contribution < -0.4 is 10.2 Å². The molecule has 6 nitrogen and oxygen atoms in total. The number of piperidine rings is 1. The number of anilines is 2. The van der Waals surface area contributed by atoms with Gasteiger partial charge in [0, 0.05) is 20.0 Å². The number of rotatable bonds is 3. The molecular weight excluding hydrogens is 270 g/mol. The van der Waals surface area contributed by atoms with E-state index in [-0.39, 0.29) is 5.91 Å². The van der Waals surface area contributed by atoms with Crippen LogP contribution in [0.4, 0.5) is 11.5 Å². The quantitative estimate of drug-likeness (QED) is 0.863. The third-order valence-corrected chi connectivity index (χ3v) is 3.68. The summed E-state index contributed by atoms with van der Waals surface area (Å²) in [5.41, 5.74) is 0.885. The fourth-order valence-corrected chi connectivity index (χ4v) is 2.46. The number of methoxy groups -OCH3 is 1. The van der Waals surface area contributed by atoms with Crippen LogP contribution >= 0.6 is 0 Å². The number of esters is 1. The van der Waals surface area contributed by atoms with Gasteiger partial charge >= 0.3 is 5.97 Å². The van der Waals surface area contributed by atoms with Gasteiger partial charge in [0.2, 0.25) is 5.91 Å². The molecule has 1 N–H and O–H groups in total. The van der Waals surface area contributed by atoms with Crippen LogP contribution in [0.2, 0.25) is 0 Å². The van der Waals surface area contributed by atoms with Gasteiger partial charge in [-0.3, -0.25) is 4.79 Å². The Hall–Kier alpha value is -2.11. The van der Waals surface area contributed by atoms with E-state index in [0.29, 0.717) is 23.0 Å². The standard InChI is InChI=1S/C15H21N3O3/c1-10-4-6-18(7-5-10)14-13(15(20)21-3)8-12(9-16-14)17-11(2)19/h8-10H,4-7H2,1-3H3,(H,17,19). The molecule has 0 spiro atoms. The Morgan fingerprint density at radius 2 is 2.05 bits per heavy atom. The molecular formula is C15H21N3O3. The highest BCUT2D eigenvalue weighted by Gasteiger charge is 2.23. The van der Waals surface area contributed by atoms with E-state index >= 15 is 0 Å². The van der Waals surface area contributed by atoms with E-state index < -0.39 is 5.97 Å². The molecule has 2 rings (SSSR count). The zero-order chi connectivity index (χ0) is 15.4. The second-order valence-corrected chi connectivity index (χ2v) is 5.44. The lowest BCUT2D eigenvalue weighted by atomic mass is 9.99. The fraction of sp³-hybridized carbons (Fsp3) is 0.533. The van der Waals surface area contributed by atoms with E-state index in [1.807, 2.05) is 0 Å². The zero-order valence-electron chi connectivity index (χ0n) is 12.7. The van der Waals surface area contributed by atoms with Crippen LogP contribution in [0.5, 0.6) is 0 Å². The lowest BCUT2D eigenvalue weighted by Gasteiger charge is -2.32. The number of hydrogen-bond acceptors (Lipinski definition) is 5. The number of carbonyl (C=O) groups is 2. The van der Waals surface area contributed by atoms with Crippen LogP contribution in [0.15, 0.2) is 12.3 Å². The third-order valence-electron chi connectivity index (χ3n) is 3.68. The van der Waals surface area contributed by atoms with E-state index in [1.54, 1.807) is 12.3 Å². The van der Waals surface area contributed by atoms with Gasteiger partial charge in [-0.25, -0.2) is 9.78 Å². The van der Waals surface area contributed by atoms with Gasteiger partial charge in [0.25, 0.3) is 0 Å². The number of nitrogens with zero attached hydrogens (tertiary/aromatic N) is 2. The maximum absolute atomic E-state index is 12.0. The SMILES string of the molecule is COC(=O)c1cc(NC(C)=O)cnc1N1CCC(C)CC1. The van der Waals surface area contributed by atoms with Crippen LogP contribution in [0.3, 0.4) is 0 Å². The minimum Gasteiger partial charge on any atom is -0.465 e. The lowest BCUT2D eigenvalue weighted by Crippen LogP contribution is -2.34. The van der Waals surface area contributed by atoms with Gasteiger partial charge < -0.3 is 15.0 Å². The fourth-order valence-electron chi connectivity index (χ4n) is 2.46. The van der Waals surface area contributed by atoms with Crippen molar-refractivity contribution in [2.75, 3.05) is 30.4 Å². The molecule has 2 heterocycles. The topological polar surface area (TPSA) is 71.5 Å². The predicted molar refractivity (Wildman–Crippen MR) is 80.5 cm³/mol. The van der Waals surface area contributed by atoms with Crippen LogP contribution in [-0.2, 0) is 9.53 Å². The van der Waals surface area contributed by atoms with E-state index in [0.717, 1.165) is 25.9 Å². The molecule has 1 saturated heterocycles. The van der Waals surface area contributed by atoms with Crippen molar-refractivity contribution in [2.24, 2.45) is 5.92 Å². The summed E-state index contributed by atoms with van der Waals surface area (Å²) in [6.45, 7) is 5.39. The molecule has 1 aliphatic rings. The van der Waals surface area contributed by atoms with Gasteiger partial charge in [0.15, 0.2) is 0 Å². The summed E-state index contributed by atoms with van der Waals surface area (Å²) in [5.74, 6) is 0.680. The molecule has 1 aliphatic heterocycles. The first-order chi connectivity index (χ1) is 10.0. The number of ether oxygens (including phenoxy) is 1. The van der Waals surface area contributed by atoms with Gasteiger partial charge in [-0.2, -0.15) is 0 Å². The van der Waals surface area contributed by atoms with Gasteiger partial charge in [-0.05, 0) is 24.8 Å². The Morgan fingerprint density at radius 3 is 2.62 bits per heavy atom. The molecule has 0 aromatic carbocycles. The maximum Gasteiger partial charge on any atom is 0.341 e. The number of carbonyl (C=O) groups excluding carboxylic acids is 2. The highest BCUT2D eigenvalue weighted by molar-refractivity contribution is 5.97. The van der Waals surface area contributed by atoms with Crippen molar-refractivity contribution in [3.05, 3.63) is 17.8 Å². The smallest absolute Gasteiger partial charge is 0.341 e. The number of hydrogen-bond donors (Lipinski definition) is 1. The summed E-state index contributed by atoms with van der Waals surface area (Å²) < 4.78 is 4.83. The monoisotopic (exact) mass is 291 g/mol.